The van der Waals surface area contributed by atoms with Crippen LogP contribution in [0, 0.1) is 5.92 Å². The van der Waals surface area contributed by atoms with Crippen molar-refractivity contribution in [2.45, 2.75) is 13.3 Å². The normalized spacial score (nSPS) is 13.9. The van der Waals surface area contributed by atoms with Crippen molar-refractivity contribution < 1.29 is 14.4 Å². The van der Waals surface area contributed by atoms with E-state index in [1.54, 1.807) is 49.4 Å². The van der Waals surface area contributed by atoms with E-state index in [1.807, 2.05) is 6.07 Å². The molecule has 0 radical (unpaired) electrons. The molecule has 0 saturated heterocycles. The first-order valence-electron chi connectivity index (χ1n) is 7.37. The molecule has 2 amide bonds. The van der Waals surface area contributed by atoms with Gasteiger partial charge in [-0.1, -0.05) is 36.4 Å². The lowest BCUT2D eigenvalue weighted by Crippen LogP contribution is -2.27. The smallest absolute Gasteiger partial charge is 0.235 e. The highest BCUT2D eigenvalue weighted by atomic mass is 16.2. The average Bonchev–Trinajstić information content (AvgIpc) is 2.93. The molecule has 0 aliphatic carbocycles. The summed E-state index contributed by atoms with van der Waals surface area (Å²) in [7, 11) is 0. The topological polar surface area (TPSA) is 75.3 Å². The van der Waals surface area contributed by atoms with Gasteiger partial charge in [-0.2, -0.15) is 0 Å². The summed E-state index contributed by atoms with van der Waals surface area (Å²) in [5, 5.41) is 5.46. The molecule has 0 fully saturated rings. The summed E-state index contributed by atoms with van der Waals surface area (Å²) >= 11 is 0. The lowest BCUT2D eigenvalue weighted by atomic mass is 9.98. The summed E-state index contributed by atoms with van der Waals surface area (Å²) in [6.45, 7) is 1.58. The second kappa shape index (κ2) is 6.04. The van der Waals surface area contributed by atoms with Crippen molar-refractivity contribution in [2.75, 3.05) is 10.6 Å². The Hall–Kier alpha value is -2.95. The molecule has 5 nitrogen and oxygen atoms in total. The van der Waals surface area contributed by atoms with Gasteiger partial charge in [0, 0.05) is 16.9 Å². The molecule has 1 atom stereocenters. The van der Waals surface area contributed by atoms with E-state index in [9.17, 15) is 14.4 Å². The van der Waals surface area contributed by atoms with E-state index in [4.69, 9.17) is 0 Å². The average molecular weight is 308 g/mol. The Morgan fingerprint density at radius 3 is 2.61 bits per heavy atom. The zero-order valence-electron chi connectivity index (χ0n) is 12.6. The molecule has 2 aromatic rings. The molecule has 2 N–H and O–H groups in total. The Balaban J connectivity index is 1.71. The quantitative estimate of drug-likeness (QED) is 0.673. The van der Waals surface area contributed by atoms with Gasteiger partial charge in [-0.05, 0) is 24.6 Å². The van der Waals surface area contributed by atoms with Crippen LogP contribution in [0.4, 0.5) is 11.4 Å². The van der Waals surface area contributed by atoms with Gasteiger partial charge >= 0.3 is 0 Å². The van der Waals surface area contributed by atoms with Crippen molar-refractivity contribution in [3.63, 3.8) is 0 Å². The Bertz CT molecular complexity index is 784. The molecule has 23 heavy (non-hydrogen) atoms. The summed E-state index contributed by atoms with van der Waals surface area (Å²) in [5.74, 6) is -1.45. The van der Waals surface area contributed by atoms with Crippen molar-refractivity contribution in [1.82, 2.24) is 0 Å². The number of amides is 2. The second-order valence-corrected chi connectivity index (χ2v) is 5.54. The summed E-state index contributed by atoms with van der Waals surface area (Å²) in [6.07, 6.45) is 0.354. The summed E-state index contributed by atoms with van der Waals surface area (Å²) in [6, 6.07) is 14.0. The Morgan fingerprint density at radius 2 is 1.87 bits per heavy atom. The summed E-state index contributed by atoms with van der Waals surface area (Å²) < 4.78 is 0. The Morgan fingerprint density at radius 1 is 1.13 bits per heavy atom. The van der Waals surface area contributed by atoms with Crippen molar-refractivity contribution in [2.24, 2.45) is 5.92 Å². The SMILES string of the molecule is CC(C(=O)Nc1ccc2c(c1)NC(=O)C2)C(=O)c1ccccc1. The molecule has 0 spiro atoms. The maximum absolute atomic E-state index is 12.3. The molecule has 116 valence electrons. The van der Waals surface area contributed by atoms with Crippen LogP contribution in [0.5, 0.6) is 0 Å². The van der Waals surface area contributed by atoms with Gasteiger partial charge in [0.15, 0.2) is 5.78 Å². The van der Waals surface area contributed by atoms with Crippen LogP contribution >= 0.6 is 0 Å². The minimum Gasteiger partial charge on any atom is -0.325 e. The van der Waals surface area contributed by atoms with Gasteiger partial charge in [-0.15, -0.1) is 0 Å². The summed E-state index contributed by atoms with van der Waals surface area (Å²) in [5.41, 5.74) is 2.68. The van der Waals surface area contributed by atoms with Gasteiger partial charge in [0.25, 0.3) is 0 Å². The number of hydrogen-bond acceptors (Lipinski definition) is 3. The number of fused-ring (bicyclic) bond motifs is 1. The first-order chi connectivity index (χ1) is 11.0. The molecule has 0 aromatic heterocycles. The standard InChI is InChI=1S/C18H16N2O3/c1-11(17(22)12-5-3-2-4-6-12)18(23)19-14-8-7-13-9-16(21)20-15(13)10-14/h2-8,10-11H,9H2,1H3,(H,19,23)(H,20,21). The molecule has 1 aliphatic rings. The second-order valence-electron chi connectivity index (χ2n) is 5.54. The van der Waals surface area contributed by atoms with Crippen molar-refractivity contribution in [3.05, 3.63) is 59.7 Å². The van der Waals surface area contributed by atoms with Crippen LogP contribution in [0.2, 0.25) is 0 Å². The van der Waals surface area contributed by atoms with Crippen molar-refractivity contribution >= 4 is 29.0 Å². The third kappa shape index (κ3) is 3.13. The lowest BCUT2D eigenvalue weighted by Gasteiger charge is -2.12. The zero-order chi connectivity index (χ0) is 16.4. The van der Waals surface area contributed by atoms with E-state index in [0.717, 1.165) is 5.56 Å². The largest absolute Gasteiger partial charge is 0.325 e. The highest BCUT2D eigenvalue weighted by Crippen LogP contribution is 2.26. The maximum atomic E-state index is 12.3. The van der Waals surface area contributed by atoms with Gasteiger partial charge in [0.05, 0.1) is 12.3 Å². The number of Topliss-reactive ketones (excluding diaryl/α,β-unsaturated/α-hetero) is 1. The Kier molecular flexibility index (Phi) is 3.93. The predicted molar refractivity (Wildman–Crippen MR) is 87.3 cm³/mol. The van der Waals surface area contributed by atoms with Crippen LogP contribution in [0.25, 0.3) is 0 Å². The third-order valence-electron chi connectivity index (χ3n) is 3.85. The van der Waals surface area contributed by atoms with Crippen LogP contribution in [0.15, 0.2) is 48.5 Å². The van der Waals surface area contributed by atoms with Crippen LogP contribution in [-0.2, 0) is 16.0 Å². The molecule has 0 saturated carbocycles. The molecule has 1 heterocycles. The fourth-order valence-electron chi connectivity index (χ4n) is 2.51. The molecule has 0 bridgehead atoms. The fourth-order valence-corrected chi connectivity index (χ4v) is 2.51. The van der Waals surface area contributed by atoms with Crippen LogP contribution in [0.1, 0.15) is 22.8 Å². The number of anilines is 2. The fraction of sp³-hybridized carbons (Fsp3) is 0.167. The number of carbonyl (C=O) groups excluding carboxylic acids is 3. The highest BCUT2D eigenvalue weighted by Gasteiger charge is 2.23. The van der Waals surface area contributed by atoms with Gasteiger partial charge in [0.1, 0.15) is 0 Å². The Labute approximate surface area is 133 Å². The van der Waals surface area contributed by atoms with Gasteiger partial charge < -0.3 is 10.6 Å². The van der Waals surface area contributed by atoms with Gasteiger partial charge in [0.2, 0.25) is 11.8 Å². The molecular weight excluding hydrogens is 292 g/mol. The first kappa shape index (κ1) is 15.0. The minimum absolute atomic E-state index is 0.0592. The molecule has 1 unspecified atom stereocenters. The minimum atomic E-state index is -0.791. The highest BCUT2D eigenvalue weighted by molar-refractivity contribution is 6.13. The molecule has 1 aliphatic heterocycles. The van der Waals surface area contributed by atoms with Gasteiger partial charge in [-0.25, -0.2) is 0 Å². The number of benzene rings is 2. The van der Waals surface area contributed by atoms with Crippen LogP contribution < -0.4 is 10.6 Å². The van der Waals surface area contributed by atoms with E-state index in [-0.39, 0.29) is 17.6 Å². The molecular formula is C18H16N2O3. The number of ketones is 1. The van der Waals surface area contributed by atoms with E-state index >= 15 is 0 Å². The lowest BCUT2D eigenvalue weighted by molar-refractivity contribution is -0.118. The predicted octanol–water partition coefficient (Wildman–Crippen LogP) is 2.64. The number of rotatable bonds is 4. The number of nitrogens with one attached hydrogen (secondary N) is 2. The van der Waals surface area contributed by atoms with Crippen molar-refractivity contribution in [1.29, 1.82) is 0 Å². The van der Waals surface area contributed by atoms with Crippen LogP contribution in [-0.4, -0.2) is 17.6 Å². The number of carbonyl (C=O) groups is 3. The van der Waals surface area contributed by atoms with E-state index in [1.165, 1.54) is 0 Å². The molecule has 2 aromatic carbocycles. The maximum Gasteiger partial charge on any atom is 0.235 e. The van der Waals surface area contributed by atoms with E-state index in [2.05, 4.69) is 10.6 Å². The van der Waals surface area contributed by atoms with Crippen molar-refractivity contribution in [3.8, 4) is 0 Å². The third-order valence-corrected chi connectivity index (χ3v) is 3.85. The van der Waals surface area contributed by atoms with E-state index < -0.39 is 5.92 Å². The monoisotopic (exact) mass is 308 g/mol. The van der Waals surface area contributed by atoms with Gasteiger partial charge in [-0.3, -0.25) is 14.4 Å². The van der Waals surface area contributed by atoms with E-state index in [0.29, 0.717) is 23.4 Å². The van der Waals surface area contributed by atoms with Crippen LogP contribution in [0.3, 0.4) is 0 Å². The molecule has 3 rings (SSSR count). The summed E-state index contributed by atoms with van der Waals surface area (Å²) in [4.78, 5) is 35.9. The first-order valence-corrected chi connectivity index (χ1v) is 7.37. The number of hydrogen-bond donors (Lipinski definition) is 2. The zero-order valence-corrected chi connectivity index (χ0v) is 12.6. The molecule has 5 heteroatoms.